The fraction of sp³-hybridized carbons (Fsp3) is 0.250. The number of nitrogens with one attached hydrogen (secondary N) is 2. The van der Waals surface area contributed by atoms with Gasteiger partial charge in [0.25, 0.3) is 0 Å². The van der Waals surface area contributed by atoms with Crippen molar-refractivity contribution in [3.63, 3.8) is 0 Å². The van der Waals surface area contributed by atoms with Crippen molar-refractivity contribution in [1.29, 1.82) is 0 Å². The van der Waals surface area contributed by atoms with E-state index < -0.39 is 0 Å². The van der Waals surface area contributed by atoms with Crippen LogP contribution < -0.4 is 10.6 Å². The minimum atomic E-state index is -0.190. The molecule has 1 aromatic carbocycles. The highest BCUT2D eigenvalue weighted by atomic mass is 16.2. The summed E-state index contributed by atoms with van der Waals surface area (Å²) in [6.45, 7) is 2.68. The Bertz CT molecular complexity index is 362. The maximum absolute atomic E-state index is 11.3. The molecule has 2 N–H and O–H groups in total. The Kier molecular flexibility index (Phi) is 4.24. The van der Waals surface area contributed by atoms with Gasteiger partial charge in [-0.15, -0.1) is 6.42 Å². The summed E-state index contributed by atoms with van der Waals surface area (Å²) < 4.78 is 0. The molecule has 0 radical (unpaired) electrons. The van der Waals surface area contributed by atoms with E-state index in [1.165, 1.54) is 0 Å². The Hall–Kier alpha value is -1.95. The van der Waals surface area contributed by atoms with E-state index in [1.807, 2.05) is 6.92 Å². The highest BCUT2D eigenvalue weighted by Crippen LogP contribution is 2.08. The Morgan fingerprint density at radius 2 is 2.07 bits per heavy atom. The van der Waals surface area contributed by atoms with E-state index in [-0.39, 0.29) is 6.03 Å². The van der Waals surface area contributed by atoms with E-state index >= 15 is 0 Å². The van der Waals surface area contributed by atoms with E-state index in [4.69, 9.17) is 6.42 Å². The maximum Gasteiger partial charge on any atom is 0.319 e. The van der Waals surface area contributed by atoms with Gasteiger partial charge in [-0.05, 0) is 30.7 Å². The van der Waals surface area contributed by atoms with Gasteiger partial charge < -0.3 is 10.6 Å². The Labute approximate surface area is 89.9 Å². The summed E-state index contributed by atoms with van der Waals surface area (Å²) in [5.41, 5.74) is 1.54. The van der Waals surface area contributed by atoms with E-state index in [1.54, 1.807) is 24.3 Å². The van der Waals surface area contributed by atoms with Gasteiger partial charge in [-0.2, -0.15) is 0 Å². The van der Waals surface area contributed by atoms with Gasteiger partial charge in [0, 0.05) is 17.8 Å². The first-order valence-corrected chi connectivity index (χ1v) is 4.87. The smallest absolute Gasteiger partial charge is 0.319 e. The van der Waals surface area contributed by atoms with Crippen LogP contribution in [-0.4, -0.2) is 12.6 Å². The third-order valence-corrected chi connectivity index (χ3v) is 1.84. The van der Waals surface area contributed by atoms with Crippen LogP contribution in [0.3, 0.4) is 0 Å². The molecular formula is C12H14N2O. The molecule has 3 nitrogen and oxygen atoms in total. The number of amides is 2. The number of hydrogen-bond donors (Lipinski definition) is 2. The number of urea groups is 1. The van der Waals surface area contributed by atoms with Crippen molar-refractivity contribution < 1.29 is 4.79 Å². The van der Waals surface area contributed by atoms with Crippen molar-refractivity contribution in [2.24, 2.45) is 0 Å². The monoisotopic (exact) mass is 202 g/mol. The normalized spacial score (nSPS) is 9.07. The van der Waals surface area contributed by atoms with Crippen LogP contribution >= 0.6 is 0 Å². The minimum absolute atomic E-state index is 0.190. The molecular weight excluding hydrogens is 188 g/mol. The Balaban J connectivity index is 2.50. The van der Waals surface area contributed by atoms with Gasteiger partial charge in [0.2, 0.25) is 0 Å². The van der Waals surface area contributed by atoms with Gasteiger partial charge >= 0.3 is 6.03 Å². The van der Waals surface area contributed by atoms with Gasteiger partial charge in [0.05, 0.1) is 0 Å². The summed E-state index contributed by atoms with van der Waals surface area (Å²) >= 11 is 0. The SMILES string of the molecule is C#Cc1ccc(NC(=O)NCCC)cc1. The molecule has 78 valence electrons. The number of terminal acetylenes is 1. The second-order valence-corrected chi connectivity index (χ2v) is 3.10. The molecule has 0 saturated heterocycles. The van der Waals surface area contributed by atoms with E-state index in [0.29, 0.717) is 6.54 Å². The molecule has 0 bridgehead atoms. The summed E-state index contributed by atoms with van der Waals surface area (Å²) in [5.74, 6) is 2.51. The first-order valence-electron chi connectivity index (χ1n) is 4.87. The van der Waals surface area contributed by atoms with Crippen molar-refractivity contribution in [3.8, 4) is 12.3 Å². The van der Waals surface area contributed by atoms with Crippen molar-refractivity contribution in [3.05, 3.63) is 29.8 Å². The van der Waals surface area contributed by atoms with Crippen LogP contribution in [0, 0.1) is 12.3 Å². The van der Waals surface area contributed by atoms with Gasteiger partial charge in [0.15, 0.2) is 0 Å². The molecule has 0 unspecified atom stereocenters. The van der Waals surface area contributed by atoms with Gasteiger partial charge in [-0.1, -0.05) is 12.8 Å². The predicted octanol–water partition coefficient (Wildman–Crippen LogP) is 2.20. The quantitative estimate of drug-likeness (QED) is 0.725. The molecule has 1 aromatic rings. The molecule has 0 atom stereocenters. The topological polar surface area (TPSA) is 41.1 Å². The Morgan fingerprint density at radius 3 is 2.60 bits per heavy atom. The summed E-state index contributed by atoms with van der Waals surface area (Å²) in [5, 5.41) is 5.43. The van der Waals surface area contributed by atoms with Gasteiger partial charge in [-0.25, -0.2) is 4.79 Å². The molecule has 0 aliphatic carbocycles. The van der Waals surface area contributed by atoms with Crippen LogP contribution in [0.1, 0.15) is 18.9 Å². The number of hydrogen-bond acceptors (Lipinski definition) is 1. The van der Waals surface area contributed by atoms with Crippen LogP contribution in [0.25, 0.3) is 0 Å². The number of carbonyl (C=O) groups is 1. The fourth-order valence-electron chi connectivity index (χ4n) is 1.06. The number of benzene rings is 1. The molecule has 0 fully saturated rings. The zero-order valence-electron chi connectivity index (χ0n) is 8.71. The first-order chi connectivity index (χ1) is 7.26. The summed E-state index contributed by atoms with van der Waals surface area (Å²) in [6, 6.07) is 6.94. The van der Waals surface area contributed by atoms with Crippen molar-refractivity contribution in [2.75, 3.05) is 11.9 Å². The minimum Gasteiger partial charge on any atom is -0.338 e. The van der Waals surface area contributed by atoms with Crippen molar-refractivity contribution in [2.45, 2.75) is 13.3 Å². The Morgan fingerprint density at radius 1 is 1.40 bits per heavy atom. The predicted molar refractivity (Wildman–Crippen MR) is 61.7 cm³/mol. The summed E-state index contributed by atoms with van der Waals surface area (Å²) in [6.07, 6.45) is 6.14. The van der Waals surface area contributed by atoms with Crippen LogP contribution in [0.2, 0.25) is 0 Å². The molecule has 0 heterocycles. The molecule has 0 aromatic heterocycles. The second-order valence-electron chi connectivity index (χ2n) is 3.10. The third kappa shape index (κ3) is 3.74. The van der Waals surface area contributed by atoms with Crippen molar-refractivity contribution >= 4 is 11.7 Å². The molecule has 0 aliphatic rings. The van der Waals surface area contributed by atoms with Crippen LogP contribution in [0.4, 0.5) is 10.5 Å². The van der Waals surface area contributed by atoms with E-state index in [9.17, 15) is 4.79 Å². The lowest BCUT2D eigenvalue weighted by Gasteiger charge is -2.06. The zero-order valence-corrected chi connectivity index (χ0v) is 8.71. The number of carbonyl (C=O) groups excluding carboxylic acids is 1. The lowest BCUT2D eigenvalue weighted by Crippen LogP contribution is -2.29. The molecule has 1 rings (SSSR count). The highest BCUT2D eigenvalue weighted by Gasteiger charge is 1.99. The molecule has 0 aliphatic heterocycles. The molecule has 0 saturated carbocycles. The third-order valence-electron chi connectivity index (χ3n) is 1.84. The van der Waals surface area contributed by atoms with E-state index in [0.717, 1.165) is 17.7 Å². The van der Waals surface area contributed by atoms with Gasteiger partial charge in [-0.3, -0.25) is 0 Å². The van der Waals surface area contributed by atoms with E-state index in [2.05, 4.69) is 16.6 Å². The lowest BCUT2D eigenvalue weighted by atomic mass is 10.2. The molecule has 15 heavy (non-hydrogen) atoms. The van der Waals surface area contributed by atoms with Crippen LogP contribution in [0.15, 0.2) is 24.3 Å². The number of anilines is 1. The summed E-state index contributed by atoms with van der Waals surface area (Å²) in [7, 11) is 0. The molecule has 0 spiro atoms. The lowest BCUT2D eigenvalue weighted by molar-refractivity contribution is 0.252. The average Bonchev–Trinajstić information content (AvgIpc) is 2.27. The molecule has 3 heteroatoms. The second kappa shape index (κ2) is 5.71. The molecule has 2 amide bonds. The number of rotatable bonds is 3. The largest absolute Gasteiger partial charge is 0.338 e. The van der Waals surface area contributed by atoms with Crippen molar-refractivity contribution in [1.82, 2.24) is 5.32 Å². The van der Waals surface area contributed by atoms with Crippen LogP contribution in [0.5, 0.6) is 0 Å². The standard InChI is InChI=1S/C12H14N2O/c1-3-9-13-12(15)14-11-7-5-10(4-2)6-8-11/h2,5-8H,3,9H2,1H3,(H2,13,14,15). The fourth-order valence-corrected chi connectivity index (χ4v) is 1.06. The van der Waals surface area contributed by atoms with Gasteiger partial charge in [0.1, 0.15) is 0 Å². The van der Waals surface area contributed by atoms with Crippen LogP contribution in [-0.2, 0) is 0 Å². The average molecular weight is 202 g/mol. The highest BCUT2D eigenvalue weighted by molar-refractivity contribution is 5.89. The maximum atomic E-state index is 11.3. The first kappa shape index (κ1) is 11.1. The summed E-state index contributed by atoms with van der Waals surface area (Å²) in [4.78, 5) is 11.3. The zero-order chi connectivity index (χ0) is 11.1.